The number of halogens is 1. The second-order valence-electron chi connectivity index (χ2n) is 7.12. The molecular weight excluding hydrogens is 497 g/mol. The number of hydrogen-bond acceptors (Lipinski definition) is 3. The van der Waals surface area contributed by atoms with Gasteiger partial charge >= 0.3 is 0 Å². The molecule has 0 saturated heterocycles. The quantitative estimate of drug-likeness (QED) is 0.246. The molecule has 0 heterocycles. The van der Waals surface area contributed by atoms with Crippen LogP contribution in [0.15, 0.2) is 47.5 Å². The summed E-state index contributed by atoms with van der Waals surface area (Å²) >= 11 is 0. The van der Waals surface area contributed by atoms with Crippen LogP contribution in [0.4, 0.5) is 0 Å². The number of fused-ring (bicyclic) bond motifs is 1. The summed E-state index contributed by atoms with van der Waals surface area (Å²) in [5.41, 5.74) is 0. The van der Waals surface area contributed by atoms with Crippen molar-refractivity contribution < 1.29 is 8.95 Å². The minimum Gasteiger partial charge on any atom is -0.491 e. The molecule has 0 amide bonds. The Labute approximate surface area is 193 Å². The third kappa shape index (κ3) is 6.84. The first-order valence-corrected chi connectivity index (χ1v) is 11.5. The highest BCUT2D eigenvalue weighted by atomic mass is 127. The van der Waals surface area contributed by atoms with E-state index in [1.54, 1.807) is 7.05 Å². The van der Waals surface area contributed by atoms with Crippen molar-refractivity contribution in [2.24, 2.45) is 4.99 Å². The van der Waals surface area contributed by atoms with Crippen molar-refractivity contribution in [2.45, 2.75) is 43.9 Å². The third-order valence-electron chi connectivity index (χ3n) is 5.25. The van der Waals surface area contributed by atoms with Crippen LogP contribution in [0.1, 0.15) is 32.6 Å². The molecule has 1 saturated carbocycles. The molecule has 1 fully saturated rings. The van der Waals surface area contributed by atoms with Gasteiger partial charge in [-0.2, -0.15) is 0 Å². The van der Waals surface area contributed by atoms with Crippen LogP contribution in [-0.2, 0) is 10.8 Å². The van der Waals surface area contributed by atoms with Crippen molar-refractivity contribution in [1.82, 2.24) is 10.6 Å². The Balaban J connectivity index is 0.00000300. The summed E-state index contributed by atoms with van der Waals surface area (Å²) in [5.74, 6) is 2.44. The molecular formula is C22H32IN3O2S. The number of guanidine groups is 1. The molecule has 29 heavy (non-hydrogen) atoms. The molecule has 0 radical (unpaired) electrons. The van der Waals surface area contributed by atoms with Crippen LogP contribution in [0.5, 0.6) is 5.75 Å². The Kier molecular flexibility index (Phi) is 10.2. The first-order chi connectivity index (χ1) is 13.7. The minimum atomic E-state index is -0.711. The van der Waals surface area contributed by atoms with Gasteiger partial charge in [-0.05, 0) is 30.7 Å². The number of hydrogen-bond donors (Lipinski definition) is 2. The fourth-order valence-corrected chi connectivity index (χ4v) is 5.14. The summed E-state index contributed by atoms with van der Waals surface area (Å²) < 4.78 is 18.1. The molecule has 7 heteroatoms. The van der Waals surface area contributed by atoms with Gasteiger partial charge in [0.05, 0.1) is 6.54 Å². The van der Waals surface area contributed by atoms with E-state index in [2.05, 4.69) is 33.8 Å². The van der Waals surface area contributed by atoms with Crippen molar-refractivity contribution in [3.63, 3.8) is 0 Å². The lowest BCUT2D eigenvalue weighted by molar-refractivity contribution is 0.324. The highest BCUT2D eigenvalue weighted by Crippen LogP contribution is 2.25. The van der Waals surface area contributed by atoms with Crippen LogP contribution in [-0.4, -0.2) is 47.4 Å². The third-order valence-corrected chi connectivity index (χ3v) is 6.99. The maximum atomic E-state index is 12.1. The van der Waals surface area contributed by atoms with Gasteiger partial charge in [0.25, 0.3) is 0 Å². The van der Waals surface area contributed by atoms with Crippen LogP contribution >= 0.6 is 24.0 Å². The van der Waals surface area contributed by atoms with Gasteiger partial charge in [0.15, 0.2) is 5.96 Å². The molecule has 0 aromatic heterocycles. The maximum Gasteiger partial charge on any atom is 0.191 e. The molecule has 2 aromatic rings. The fraction of sp³-hybridized carbons (Fsp3) is 0.500. The predicted octanol–water partition coefficient (Wildman–Crippen LogP) is 4.08. The molecule has 5 nitrogen and oxygen atoms in total. The van der Waals surface area contributed by atoms with E-state index < -0.39 is 10.8 Å². The van der Waals surface area contributed by atoms with E-state index in [1.807, 2.05) is 31.2 Å². The van der Waals surface area contributed by atoms with Gasteiger partial charge in [-0.1, -0.05) is 49.7 Å². The highest BCUT2D eigenvalue weighted by molar-refractivity contribution is 14.0. The molecule has 3 unspecified atom stereocenters. The molecule has 0 spiro atoms. The molecule has 0 bridgehead atoms. The van der Waals surface area contributed by atoms with E-state index in [9.17, 15) is 4.21 Å². The number of nitrogens with one attached hydrogen (secondary N) is 2. The van der Waals surface area contributed by atoms with Gasteiger partial charge in [0, 0.05) is 40.3 Å². The van der Waals surface area contributed by atoms with E-state index in [0.717, 1.165) is 48.5 Å². The van der Waals surface area contributed by atoms with Crippen molar-refractivity contribution in [2.75, 3.05) is 26.0 Å². The van der Waals surface area contributed by atoms with E-state index in [0.29, 0.717) is 24.4 Å². The Morgan fingerprint density at radius 3 is 2.79 bits per heavy atom. The molecule has 1 aliphatic carbocycles. The minimum absolute atomic E-state index is 0. The maximum absolute atomic E-state index is 12.1. The molecule has 160 valence electrons. The summed E-state index contributed by atoms with van der Waals surface area (Å²) in [6.07, 6.45) is 4.25. The van der Waals surface area contributed by atoms with Crippen molar-refractivity contribution >= 4 is 51.5 Å². The zero-order chi connectivity index (χ0) is 19.8. The van der Waals surface area contributed by atoms with Crippen molar-refractivity contribution in [3.05, 3.63) is 42.5 Å². The second-order valence-corrected chi connectivity index (χ2v) is 9.13. The molecule has 1 aliphatic rings. The lowest BCUT2D eigenvalue weighted by Crippen LogP contribution is -2.47. The van der Waals surface area contributed by atoms with Gasteiger partial charge < -0.3 is 15.4 Å². The zero-order valence-corrected chi connectivity index (χ0v) is 20.4. The Bertz CT molecular complexity index is 825. The van der Waals surface area contributed by atoms with E-state index in [4.69, 9.17) is 4.74 Å². The fourth-order valence-electron chi connectivity index (χ4n) is 3.79. The molecule has 3 atom stereocenters. The van der Waals surface area contributed by atoms with Crippen molar-refractivity contribution in [3.8, 4) is 5.75 Å². The van der Waals surface area contributed by atoms with Gasteiger partial charge in [0.2, 0.25) is 0 Å². The number of benzene rings is 2. The summed E-state index contributed by atoms with van der Waals surface area (Å²) in [5, 5.41) is 9.44. The average molecular weight is 529 g/mol. The lowest BCUT2D eigenvalue weighted by atomic mass is 9.95. The van der Waals surface area contributed by atoms with Crippen LogP contribution in [0.2, 0.25) is 0 Å². The largest absolute Gasteiger partial charge is 0.491 e. The van der Waals surface area contributed by atoms with Gasteiger partial charge in [-0.15, -0.1) is 24.0 Å². The Hall–Kier alpha value is -1.35. The normalized spacial score (nSPS) is 20.6. The smallest absolute Gasteiger partial charge is 0.191 e. The number of ether oxygens (including phenoxy) is 1. The van der Waals surface area contributed by atoms with Crippen LogP contribution < -0.4 is 15.4 Å². The number of rotatable bonds is 7. The highest BCUT2D eigenvalue weighted by Gasteiger charge is 2.25. The van der Waals surface area contributed by atoms with Gasteiger partial charge in [-0.25, -0.2) is 0 Å². The van der Waals surface area contributed by atoms with E-state index >= 15 is 0 Å². The SMILES string of the molecule is CCS(=O)C1CCCC(NC(=NC)NCCOc2cccc3ccccc23)C1.I. The monoisotopic (exact) mass is 529 g/mol. The summed E-state index contributed by atoms with van der Waals surface area (Å²) in [6.45, 7) is 3.23. The van der Waals surface area contributed by atoms with Crippen LogP contribution in [0, 0.1) is 0 Å². The van der Waals surface area contributed by atoms with E-state index in [1.165, 1.54) is 5.39 Å². The van der Waals surface area contributed by atoms with Crippen molar-refractivity contribution in [1.29, 1.82) is 0 Å². The van der Waals surface area contributed by atoms with Crippen LogP contribution in [0.3, 0.4) is 0 Å². The predicted molar refractivity (Wildman–Crippen MR) is 134 cm³/mol. The Morgan fingerprint density at radius 1 is 1.21 bits per heavy atom. The van der Waals surface area contributed by atoms with Gasteiger partial charge in [-0.3, -0.25) is 9.20 Å². The summed E-state index contributed by atoms with van der Waals surface area (Å²) in [7, 11) is 1.07. The van der Waals surface area contributed by atoms with E-state index in [-0.39, 0.29) is 24.0 Å². The first kappa shape index (κ1) is 23.9. The molecule has 2 aromatic carbocycles. The lowest BCUT2D eigenvalue weighted by Gasteiger charge is -2.30. The molecule has 3 rings (SSSR count). The Morgan fingerprint density at radius 2 is 2.00 bits per heavy atom. The number of nitrogens with zero attached hydrogens (tertiary/aromatic N) is 1. The second kappa shape index (κ2) is 12.4. The summed E-state index contributed by atoms with van der Waals surface area (Å²) in [6, 6.07) is 14.7. The topological polar surface area (TPSA) is 62.7 Å². The zero-order valence-electron chi connectivity index (χ0n) is 17.2. The number of aliphatic imine (C=N–C) groups is 1. The summed E-state index contributed by atoms with van der Waals surface area (Å²) in [4.78, 5) is 4.33. The molecule has 0 aliphatic heterocycles. The van der Waals surface area contributed by atoms with Gasteiger partial charge in [0.1, 0.15) is 12.4 Å². The standard InChI is InChI=1S/C22H31N3O2S.HI/c1-3-28(26)19-11-7-10-18(16-19)25-22(23-2)24-14-15-27-21-13-6-9-17-8-4-5-12-20(17)21;/h4-6,8-9,12-13,18-19H,3,7,10-11,14-16H2,1-2H3,(H2,23,24,25);1H. The average Bonchev–Trinajstić information content (AvgIpc) is 2.75. The molecule has 2 N–H and O–H groups in total. The first-order valence-electron chi connectivity index (χ1n) is 10.2. The van der Waals surface area contributed by atoms with Crippen LogP contribution in [0.25, 0.3) is 10.8 Å².